The van der Waals surface area contributed by atoms with Crippen molar-refractivity contribution in [1.29, 1.82) is 0 Å². The second-order valence-electron chi connectivity index (χ2n) is 7.75. The summed E-state index contributed by atoms with van der Waals surface area (Å²) in [5, 5.41) is 4.93. The molecule has 0 spiro atoms. The number of nitrogens with two attached hydrogens (primary N) is 1. The molecule has 0 saturated carbocycles. The van der Waals surface area contributed by atoms with E-state index in [-0.39, 0.29) is 13.1 Å². The van der Waals surface area contributed by atoms with Gasteiger partial charge in [0.05, 0.1) is 0 Å². The summed E-state index contributed by atoms with van der Waals surface area (Å²) < 4.78 is 42.0. The third kappa shape index (κ3) is 4.14. The zero-order chi connectivity index (χ0) is 20.9. The Morgan fingerprint density at radius 1 is 1.14 bits per heavy atom. The highest BCUT2D eigenvalue weighted by atomic mass is 32.2. The van der Waals surface area contributed by atoms with Gasteiger partial charge in [0.2, 0.25) is 10.0 Å². The van der Waals surface area contributed by atoms with Crippen LogP contribution in [0, 0.1) is 5.82 Å². The van der Waals surface area contributed by atoms with Gasteiger partial charge in [-0.05, 0) is 38.0 Å². The molecule has 11 heteroatoms. The molecule has 2 amide bonds. The van der Waals surface area contributed by atoms with Gasteiger partial charge in [0.25, 0.3) is 5.91 Å². The molecule has 0 aromatic carbocycles. The Labute approximate surface area is 162 Å². The van der Waals surface area contributed by atoms with E-state index < -0.39 is 44.0 Å². The van der Waals surface area contributed by atoms with Gasteiger partial charge >= 0.3 is 6.09 Å². The predicted molar refractivity (Wildman–Crippen MR) is 96.3 cm³/mol. The number of sulfonamides is 1. The largest absolute Gasteiger partial charge is 0.444 e. The van der Waals surface area contributed by atoms with Gasteiger partial charge in [-0.2, -0.15) is 0 Å². The number of hydrogen-bond donors (Lipinski definition) is 1. The van der Waals surface area contributed by atoms with Crippen molar-refractivity contribution in [2.24, 2.45) is 5.14 Å². The molecule has 0 bridgehead atoms. The number of rotatable bonds is 2. The summed E-state index contributed by atoms with van der Waals surface area (Å²) in [7, 11) is -4.11. The summed E-state index contributed by atoms with van der Waals surface area (Å²) in [5.41, 5.74) is 0.734. The van der Waals surface area contributed by atoms with E-state index in [1.807, 2.05) is 0 Å². The average molecular weight is 412 g/mol. The van der Waals surface area contributed by atoms with Crippen molar-refractivity contribution in [2.75, 3.05) is 26.2 Å². The molecule has 0 atom stereocenters. The third-order valence-corrected chi connectivity index (χ3v) is 5.19. The Kier molecular flexibility index (Phi) is 4.92. The van der Waals surface area contributed by atoms with E-state index >= 15 is 0 Å². The minimum Gasteiger partial charge on any atom is -0.444 e. The Bertz CT molecular complexity index is 966. The van der Waals surface area contributed by atoms with E-state index in [1.54, 1.807) is 25.7 Å². The standard InChI is InChI=1S/C17H21FN4O5S/c1-17(2,3)27-16(24)22-8-10-6-21(7-11(10)9-22)15(23)14-13(18)4-12(5-20-14)28(19,25)26/h4-5H,6-9H2,1-3H3,(H2,19,25,26). The number of ether oxygens (including phenoxy) is 1. The third-order valence-electron chi connectivity index (χ3n) is 4.31. The monoisotopic (exact) mass is 412 g/mol. The maximum Gasteiger partial charge on any atom is 0.410 e. The van der Waals surface area contributed by atoms with Crippen LogP contribution in [0.15, 0.2) is 28.3 Å². The first-order valence-electron chi connectivity index (χ1n) is 8.50. The molecule has 0 saturated heterocycles. The molecular formula is C17H21FN4O5S. The van der Waals surface area contributed by atoms with Crippen LogP contribution in [0.1, 0.15) is 31.3 Å². The summed E-state index contributed by atoms with van der Waals surface area (Å²) in [6.45, 7) is 6.52. The van der Waals surface area contributed by atoms with Gasteiger partial charge in [-0.25, -0.2) is 27.7 Å². The smallest absolute Gasteiger partial charge is 0.410 e. The molecule has 3 heterocycles. The molecular weight excluding hydrogens is 391 g/mol. The molecule has 0 radical (unpaired) electrons. The van der Waals surface area contributed by atoms with E-state index in [9.17, 15) is 22.4 Å². The zero-order valence-corrected chi connectivity index (χ0v) is 16.5. The van der Waals surface area contributed by atoms with Crippen LogP contribution in [0.3, 0.4) is 0 Å². The van der Waals surface area contributed by atoms with E-state index in [0.717, 1.165) is 17.3 Å². The zero-order valence-electron chi connectivity index (χ0n) is 15.7. The molecule has 2 N–H and O–H groups in total. The molecule has 3 rings (SSSR count). The van der Waals surface area contributed by atoms with Crippen LogP contribution in [-0.2, 0) is 14.8 Å². The van der Waals surface area contributed by atoms with Crippen LogP contribution in [0.2, 0.25) is 0 Å². The maximum atomic E-state index is 14.2. The summed E-state index contributed by atoms with van der Waals surface area (Å²) in [6.07, 6.45) is 0.429. The van der Waals surface area contributed by atoms with Gasteiger partial charge in [0.15, 0.2) is 11.5 Å². The average Bonchev–Trinajstić information content (AvgIpc) is 3.10. The van der Waals surface area contributed by atoms with Crippen LogP contribution < -0.4 is 5.14 Å². The molecule has 2 aliphatic heterocycles. The molecule has 28 heavy (non-hydrogen) atoms. The Balaban J connectivity index is 1.65. The van der Waals surface area contributed by atoms with E-state index in [0.29, 0.717) is 19.2 Å². The van der Waals surface area contributed by atoms with Gasteiger partial charge in [0.1, 0.15) is 10.5 Å². The molecule has 0 fully saturated rings. The van der Waals surface area contributed by atoms with Gasteiger partial charge in [0, 0.05) is 32.4 Å². The lowest BCUT2D eigenvalue weighted by Gasteiger charge is -2.26. The fourth-order valence-electron chi connectivity index (χ4n) is 3.06. The van der Waals surface area contributed by atoms with Crippen LogP contribution in [0.4, 0.5) is 9.18 Å². The van der Waals surface area contributed by atoms with E-state index in [1.165, 1.54) is 4.90 Å². The van der Waals surface area contributed by atoms with Crippen LogP contribution >= 0.6 is 0 Å². The number of aromatic nitrogens is 1. The summed E-state index contributed by atoms with van der Waals surface area (Å²) in [5.74, 6) is -1.71. The lowest BCUT2D eigenvalue weighted by Crippen LogP contribution is -2.39. The Hall–Kier alpha value is -2.53. The van der Waals surface area contributed by atoms with Gasteiger partial charge in [-0.3, -0.25) is 4.79 Å². The fraction of sp³-hybridized carbons (Fsp3) is 0.471. The minimum absolute atomic E-state index is 0.242. The molecule has 1 aromatic rings. The number of carbonyl (C=O) groups excluding carboxylic acids is 2. The Morgan fingerprint density at radius 3 is 2.14 bits per heavy atom. The second-order valence-corrected chi connectivity index (χ2v) is 9.31. The quantitative estimate of drug-likeness (QED) is 0.719. The van der Waals surface area contributed by atoms with Gasteiger partial charge in [-0.15, -0.1) is 0 Å². The molecule has 2 aliphatic rings. The fourth-order valence-corrected chi connectivity index (χ4v) is 3.53. The molecule has 0 unspecified atom stereocenters. The first kappa shape index (κ1) is 20.2. The number of primary sulfonamides is 1. The highest BCUT2D eigenvalue weighted by Crippen LogP contribution is 2.28. The van der Waals surface area contributed by atoms with Gasteiger partial charge < -0.3 is 14.5 Å². The number of amides is 2. The molecule has 1 aromatic heterocycles. The minimum atomic E-state index is -4.11. The summed E-state index contributed by atoms with van der Waals surface area (Å²) in [6, 6.07) is 0.678. The van der Waals surface area contributed by atoms with Crippen molar-refractivity contribution < 1.29 is 27.1 Å². The van der Waals surface area contributed by atoms with Crippen molar-refractivity contribution in [3.8, 4) is 0 Å². The van der Waals surface area contributed by atoms with Crippen LogP contribution in [0.25, 0.3) is 0 Å². The topological polar surface area (TPSA) is 123 Å². The number of halogens is 1. The van der Waals surface area contributed by atoms with E-state index in [2.05, 4.69) is 4.98 Å². The molecule has 152 valence electrons. The van der Waals surface area contributed by atoms with Gasteiger partial charge in [-0.1, -0.05) is 0 Å². The van der Waals surface area contributed by atoms with Crippen molar-refractivity contribution in [2.45, 2.75) is 31.3 Å². The Morgan fingerprint density at radius 2 is 1.68 bits per heavy atom. The summed E-state index contributed by atoms with van der Waals surface area (Å²) >= 11 is 0. The second kappa shape index (κ2) is 6.82. The molecule has 9 nitrogen and oxygen atoms in total. The SMILES string of the molecule is CC(C)(C)OC(=O)N1CC2=C(C1)CN(C(=O)c1ncc(S(N)(=O)=O)cc1F)C2. The first-order chi connectivity index (χ1) is 12.8. The highest BCUT2D eigenvalue weighted by Gasteiger charge is 2.36. The predicted octanol–water partition coefficient (Wildman–Crippen LogP) is 0.871. The number of carbonyl (C=O) groups is 2. The van der Waals surface area contributed by atoms with Crippen LogP contribution in [0.5, 0.6) is 0 Å². The number of hydrogen-bond acceptors (Lipinski definition) is 6. The highest BCUT2D eigenvalue weighted by molar-refractivity contribution is 7.89. The lowest BCUT2D eigenvalue weighted by atomic mass is 10.2. The summed E-state index contributed by atoms with van der Waals surface area (Å²) in [4.78, 5) is 30.8. The first-order valence-corrected chi connectivity index (χ1v) is 10.0. The normalized spacial score (nSPS) is 17.2. The maximum absolute atomic E-state index is 14.2. The lowest BCUT2D eigenvalue weighted by molar-refractivity contribution is 0.0294. The molecule has 0 aliphatic carbocycles. The van der Waals surface area contributed by atoms with Crippen molar-refractivity contribution >= 4 is 22.0 Å². The van der Waals surface area contributed by atoms with Crippen molar-refractivity contribution in [3.05, 3.63) is 34.9 Å². The van der Waals surface area contributed by atoms with Crippen molar-refractivity contribution in [1.82, 2.24) is 14.8 Å². The van der Waals surface area contributed by atoms with Crippen LogP contribution in [-0.4, -0.2) is 67.0 Å². The number of pyridine rings is 1. The van der Waals surface area contributed by atoms with E-state index in [4.69, 9.17) is 9.88 Å². The number of nitrogens with zero attached hydrogens (tertiary/aromatic N) is 3. The van der Waals surface area contributed by atoms with Crippen molar-refractivity contribution in [3.63, 3.8) is 0 Å².